The molecule has 1 atom stereocenters. The van der Waals surface area contributed by atoms with E-state index in [-0.39, 0.29) is 6.61 Å². The van der Waals surface area contributed by atoms with Crippen LogP contribution in [0, 0.1) is 0 Å². The summed E-state index contributed by atoms with van der Waals surface area (Å²) in [5.41, 5.74) is 1.31. The van der Waals surface area contributed by atoms with Crippen LogP contribution in [0.3, 0.4) is 0 Å². The number of thioether (sulfide) groups is 1. The van der Waals surface area contributed by atoms with E-state index in [0.29, 0.717) is 6.04 Å². The topological polar surface area (TPSA) is 32.3 Å². The molecule has 0 amide bonds. The van der Waals surface area contributed by atoms with Crippen molar-refractivity contribution in [1.82, 2.24) is 5.32 Å². The Hall–Kier alpha value is -1.03. The van der Waals surface area contributed by atoms with Gasteiger partial charge in [-0.1, -0.05) is 36.4 Å². The summed E-state index contributed by atoms with van der Waals surface area (Å²) in [5, 5.41) is 14.7. The monoisotopic (exact) mass is 261 g/mol. The van der Waals surface area contributed by atoms with E-state index in [9.17, 15) is 0 Å². The first-order chi connectivity index (χ1) is 8.85. The summed E-state index contributed by atoms with van der Waals surface area (Å²) < 4.78 is 0. The van der Waals surface area contributed by atoms with Gasteiger partial charge in [0.1, 0.15) is 0 Å². The summed E-state index contributed by atoms with van der Waals surface area (Å²) in [5.74, 6) is 1.78. The highest BCUT2D eigenvalue weighted by Crippen LogP contribution is 2.22. The van der Waals surface area contributed by atoms with Gasteiger partial charge in [-0.2, -0.15) is 11.8 Å². The molecule has 0 saturated carbocycles. The van der Waals surface area contributed by atoms with Gasteiger partial charge in [0.05, 0.1) is 6.61 Å². The van der Waals surface area contributed by atoms with Crippen LogP contribution in [-0.4, -0.2) is 30.3 Å². The predicted molar refractivity (Wildman–Crippen MR) is 80.2 cm³/mol. The van der Waals surface area contributed by atoms with Gasteiger partial charge in [-0.15, -0.1) is 0 Å². The molecule has 2 nitrogen and oxygen atoms in total. The van der Waals surface area contributed by atoms with Crippen LogP contribution < -0.4 is 5.32 Å². The zero-order valence-electron chi connectivity index (χ0n) is 10.6. The molecule has 1 unspecified atom stereocenters. The third-order valence-corrected chi connectivity index (χ3v) is 4.08. The van der Waals surface area contributed by atoms with E-state index in [1.165, 1.54) is 16.3 Å². The van der Waals surface area contributed by atoms with E-state index in [1.807, 2.05) is 7.05 Å². The summed E-state index contributed by atoms with van der Waals surface area (Å²) in [4.78, 5) is 0. The van der Waals surface area contributed by atoms with Gasteiger partial charge in [0, 0.05) is 17.5 Å². The third kappa shape index (κ3) is 3.25. The van der Waals surface area contributed by atoms with E-state index in [4.69, 9.17) is 5.11 Å². The smallest absolute Gasteiger partial charge is 0.0521 e. The predicted octanol–water partition coefficient (Wildman–Crippen LogP) is 2.83. The molecule has 2 N–H and O–H groups in total. The Morgan fingerprint density at radius 2 is 1.94 bits per heavy atom. The largest absolute Gasteiger partial charge is 0.396 e. The summed E-state index contributed by atoms with van der Waals surface area (Å²) in [6.45, 7) is 0.249. The lowest BCUT2D eigenvalue weighted by atomic mass is 10.0. The lowest BCUT2D eigenvalue weighted by Crippen LogP contribution is -2.19. The maximum atomic E-state index is 8.82. The quantitative estimate of drug-likeness (QED) is 0.784. The van der Waals surface area contributed by atoms with Gasteiger partial charge in [0.2, 0.25) is 0 Å². The standard InChI is InChI=1S/C15H19NOS/c1-16-15(11-18-9-8-17)14-7-6-12-4-2-3-5-13(12)10-14/h2-7,10,15-17H,8-9,11H2,1H3. The van der Waals surface area contributed by atoms with E-state index in [1.54, 1.807) is 11.8 Å². The first kappa shape index (κ1) is 13.4. The number of aliphatic hydroxyl groups excluding tert-OH is 1. The lowest BCUT2D eigenvalue weighted by Gasteiger charge is -2.16. The average Bonchev–Trinajstić information content (AvgIpc) is 2.43. The van der Waals surface area contributed by atoms with Crippen molar-refractivity contribution in [3.8, 4) is 0 Å². The van der Waals surface area contributed by atoms with Crippen molar-refractivity contribution >= 4 is 22.5 Å². The van der Waals surface area contributed by atoms with Gasteiger partial charge >= 0.3 is 0 Å². The fourth-order valence-corrected chi connectivity index (χ4v) is 2.93. The fourth-order valence-electron chi connectivity index (χ4n) is 2.04. The molecule has 0 aromatic heterocycles. The van der Waals surface area contributed by atoms with E-state index in [2.05, 4.69) is 47.8 Å². The fraction of sp³-hybridized carbons (Fsp3) is 0.333. The number of rotatable bonds is 6. The number of hydrogen-bond donors (Lipinski definition) is 2. The molecule has 0 heterocycles. The molecule has 0 aliphatic carbocycles. The maximum Gasteiger partial charge on any atom is 0.0521 e. The third-order valence-electron chi connectivity index (χ3n) is 3.04. The van der Waals surface area contributed by atoms with Gasteiger partial charge in [-0.25, -0.2) is 0 Å². The Kier molecular flexibility index (Phi) is 5.05. The maximum absolute atomic E-state index is 8.82. The van der Waals surface area contributed by atoms with Crippen LogP contribution in [0.4, 0.5) is 0 Å². The number of nitrogens with one attached hydrogen (secondary N) is 1. The molecule has 2 rings (SSSR count). The summed E-state index contributed by atoms with van der Waals surface area (Å²) in [6.07, 6.45) is 0. The van der Waals surface area contributed by atoms with Crippen molar-refractivity contribution in [3.05, 3.63) is 48.0 Å². The molecule has 96 valence electrons. The van der Waals surface area contributed by atoms with Crippen molar-refractivity contribution < 1.29 is 5.11 Å². The number of aliphatic hydroxyl groups is 1. The van der Waals surface area contributed by atoms with Crippen LogP contribution in [0.15, 0.2) is 42.5 Å². The highest BCUT2D eigenvalue weighted by Gasteiger charge is 2.09. The second-order valence-electron chi connectivity index (χ2n) is 4.25. The molecule has 0 bridgehead atoms. The Bertz CT molecular complexity index is 501. The van der Waals surface area contributed by atoms with Gasteiger partial charge in [-0.3, -0.25) is 0 Å². The van der Waals surface area contributed by atoms with Crippen molar-refractivity contribution in [2.45, 2.75) is 6.04 Å². The molecule has 0 saturated heterocycles. The number of benzene rings is 2. The Morgan fingerprint density at radius 3 is 2.67 bits per heavy atom. The molecule has 2 aromatic rings. The lowest BCUT2D eigenvalue weighted by molar-refractivity contribution is 0.322. The molecular formula is C15H19NOS. The van der Waals surface area contributed by atoms with Gasteiger partial charge < -0.3 is 10.4 Å². The summed E-state index contributed by atoms with van der Waals surface area (Å²) >= 11 is 1.77. The molecule has 3 heteroatoms. The van der Waals surface area contributed by atoms with Gasteiger partial charge in [-0.05, 0) is 29.4 Å². The van der Waals surface area contributed by atoms with Crippen LogP contribution in [0.1, 0.15) is 11.6 Å². The normalized spacial score (nSPS) is 12.8. The van der Waals surface area contributed by atoms with Crippen LogP contribution in [0.25, 0.3) is 10.8 Å². The number of hydrogen-bond acceptors (Lipinski definition) is 3. The van der Waals surface area contributed by atoms with Crippen molar-refractivity contribution in [2.75, 3.05) is 25.2 Å². The Balaban J connectivity index is 2.17. The molecule has 0 radical (unpaired) electrons. The van der Waals surface area contributed by atoms with Crippen LogP contribution >= 0.6 is 11.8 Å². The van der Waals surface area contributed by atoms with Gasteiger partial charge in [0.25, 0.3) is 0 Å². The zero-order valence-corrected chi connectivity index (χ0v) is 11.4. The Morgan fingerprint density at radius 1 is 1.17 bits per heavy atom. The first-order valence-corrected chi connectivity index (χ1v) is 7.35. The molecule has 0 fully saturated rings. The first-order valence-electron chi connectivity index (χ1n) is 6.19. The second kappa shape index (κ2) is 6.78. The van der Waals surface area contributed by atoms with Crippen LogP contribution in [-0.2, 0) is 0 Å². The minimum absolute atomic E-state index is 0.249. The van der Waals surface area contributed by atoms with Gasteiger partial charge in [0.15, 0.2) is 0 Å². The Labute approximate surface area is 112 Å². The van der Waals surface area contributed by atoms with E-state index >= 15 is 0 Å². The highest BCUT2D eigenvalue weighted by atomic mass is 32.2. The minimum Gasteiger partial charge on any atom is -0.396 e. The van der Waals surface area contributed by atoms with E-state index in [0.717, 1.165) is 11.5 Å². The van der Waals surface area contributed by atoms with Crippen molar-refractivity contribution in [1.29, 1.82) is 0 Å². The SMILES string of the molecule is CNC(CSCCO)c1ccc2ccccc2c1. The molecular weight excluding hydrogens is 242 g/mol. The number of fused-ring (bicyclic) bond motifs is 1. The molecule has 0 aliphatic heterocycles. The van der Waals surface area contributed by atoms with Crippen LogP contribution in [0.2, 0.25) is 0 Å². The highest BCUT2D eigenvalue weighted by molar-refractivity contribution is 7.99. The zero-order chi connectivity index (χ0) is 12.8. The summed E-state index contributed by atoms with van der Waals surface area (Å²) in [6, 6.07) is 15.4. The summed E-state index contributed by atoms with van der Waals surface area (Å²) in [7, 11) is 1.99. The van der Waals surface area contributed by atoms with E-state index < -0.39 is 0 Å². The van der Waals surface area contributed by atoms with Crippen LogP contribution in [0.5, 0.6) is 0 Å². The molecule has 0 aliphatic rings. The second-order valence-corrected chi connectivity index (χ2v) is 5.40. The molecule has 18 heavy (non-hydrogen) atoms. The molecule has 0 spiro atoms. The van der Waals surface area contributed by atoms with Crippen molar-refractivity contribution in [2.24, 2.45) is 0 Å². The molecule has 2 aromatic carbocycles. The minimum atomic E-state index is 0.249. The van der Waals surface area contributed by atoms with Crippen molar-refractivity contribution in [3.63, 3.8) is 0 Å². The average molecular weight is 261 g/mol.